The van der Waals surface area contributed by atoms with Gasteiger partial charge in [0.2, 0.25) is 17.7 Å². The van der Waals surface area contributed by atoms with Gasteiger partial charge in [0.15, 0.2) is 5.78 Å². The quantitative estimate of drug-likeness (QED) is 0.0116. The van der Waals surface area contributed by atoms with Crippen LogP contribution in [0.2, 0.25) is 0 Å². The molecule has 0 radical (unpaired) electrons. The molecule has 3 aromatic carbocycles. The summed E-state index contributed by atoms with van der Waals surface area (Å²) in [4.78, 5) is 110. The third-order valence-corrected chi connectivity index (χ3v) is 18.3. The van der Waals surface area contributed by atoms with Gasteiger partial charge in [0, 0.05) is 62.9 Å². The van der Waals surface area contributed by atoms with Gasteiger partial charge in [0.1, 0.15) is 34.2 Å². The molecule has 0 aliphatic heterocycles. The highest BCUT2D eigenvalue weighted by atomic mass is 16.6. The number of aromatic hydroxyl groups is 1. The van der Waals surface area contributed by atoms with Crippen molar-refractivity contribution >= 4 is 64.5 Å². The van der Waals surface area contributed by atoms with Crippen LogP contribution in [0.5, 0.6) is 17.2 Å². The predicted octanol–water partition coefficient (Wildman–Crippen LogP) is 27.9. The Morgan fingerprint density at radius 2 is 0.651 bits per heavy atom. The molecule has 0 unspecified atom stereocenters. The first-order valence-corrected chi connectivity index (χ1v) is 45.9. The molecule has 0 bridgehead atoms. The number of carboxylic acid groups (broad SMARTS) is 1. The minimum absolute atomic E-state index is 0.0233. The molecule has 3 amide bonds. The van der Waals surface area contributed by atoms with Gasteiger partial charge in [0.25, 0.3) is 0 Å². The van der Waals surface area contributed by atoms with E-state index in [0.717, 1.165) is 140 Å². The van der Waals surface area contributed by atoms with Gasteiger partial charge in [-0.1, -0.05) is 286 Å². The van der Waals surface area contributed by atoms with Gasteiger partial charge >= 0.3 is 23.9 Å². The van der Waals surface area contributed by atoms with E-state index < -0.39 is 23.9 Å². The average molecular weight is 1730 g/mol. The van der Waals surface area contributed by atoms with E-state index in [0.29, 0.717) is 82.1 Å². The molecule has 0 heterocycles. The van der Waals surface area contributed by atoms with Crippen LogP contribution in [0.25, 0.3) is 0 Å². The van der Waals surface area contributed by atoms with E-state index in [4.69, 9.17) is 14.2 Å². The maximum atomic E-state index is 12.9. The zero-order chi connectivity index (χ0) is 92.0. The molecule has 3 aromatic rings. The third kappa shape index (κ3) is 66.9. The Kier molecular flexibility index (Phi) is 72.9. The SMILES string of the molecule is CC/C=C/CCC(=O)NCCCOC(=O)c1cc(NC(=O)CC/C=C/CC)ccc1OC(=O)CC/C=C/CC.CC/C=C\C/C=C\C/C=C\C/C=C\C/C=C\C/C=C\CCC(=O)Nc1ccc(OC(=O)CC/C=C\C/C=C\C/C=C\C/C=C\C/C=C\C/C=C\CC)c(C(=O)O)c1.CC/C=C\C/C=C\C/C=C\CCCCCCCC(=O)Cc1ccc(O)c(C(C)=O)c1. The first-order valence-electron chi connectivity index (χ1n) is 45.9. The third-order valence-electron chi connectivity index (χ3n) is 18.3. The van der Waals surface area contributed by atoms with Crippen molar-refractivity contribution in [3.8, 4) is 17.2 Å². The Hall–Kier alpha value is -11.6. The summed E-state index contributed by atoms with van der Waals surface area (Å²) in [6, 6.07) is 13.6. The number of benzene rings is 3. The largest absolute Gasteiger partial charge is 0.507 e. The smallest absolute Gasteiger partial charge is 0.342 e. The fourth-order valence-corrected chi connectivity index (χ4v) is 11.6. The Bertz CT molecular complexity index is 4150. The van der Waals surface area contributed by atoms with Crippen LogP contribution in [0.3, 0.4) is 0 Å². The van der Waals surface area contributed by atoms with E-state index in [9.17, 15) is 53.4 Å². The van der Waals surface area contributed by atoms with E-state index in [2.05, 4.69) is 195 Å². The lowest BCUT2D eigenvalue weighted by molar-refractivity contribution is -0.135. The van der Waals surface area contributed by atoms with Crippen molar-refractivity contribution in [2.24, 2.45) is 0 Å². The lowest BCUT2D eigenvalue weighted by atomic mass is 10.00. The number of carbonyl (C=O) groups excluding carboxylic acids is 8. The van der Waals surface area contributed by atoms with Crippen LogP contribution in [0.4, 0.5) is 11.4 Å². The molecule has 5 N–H and O–H groups in total. The first-order chi connectivity index (χ1) is 61.4. The van der Waals surface area contributed by atoms with E-state index in [-0.39, 0.29) is 89.1 Å². The number of esters is 3. The first kappa shape index (κ1) is 112. The zero-order valence-electron chi connectivity index (χ0n) is 76.9. The fraction of sp³-hybridized carbons (Fsp3) is 0.422. The van der Waals surface area contributed by atoms with Crippen LogP contribution in [-0.2, 0) is 39.9 Å². The number of allylic oxidation sites excluding steroid dienone is 36. The van der Waals surface area contributed by atoms with Crippen molar-refractivity contribution in [2.45, 2.75) is 286 Å². The second-order valence-electron chi connectivity index (χ2n) is 29.5. The lowest BCUT2D eigenvalue weighted by Gasteiger charge is -2.13. The predicted molar refractivity (Wildman–Crippen MR) is 523 cm³/mol. The molecular formula is C109H149N3O14. The van der Waals surface area contributed by atoms with Gasteiger partial charge in [-0.3, -0.25) is 33.6 Å². The van der Waals surface area contributed by atoms with Crippen LogP contribution in [-0.4, -0.2) is 76.5 Å². The van der Waals surface area contributed by atoms with Crippen molar-refractivity contribution in [2.75, 3.05) is 23.8 Å². The monoisotopic (exact) mass is 1720 g/mol. The number of carbonyl (C=O) groups is 9. The maximum Gasteiger partial charge on any atom is 0.342 e. The summed E-state index contributed by atoms with van der Waals surface area (Å²) in [5.41, 5.74) is 1.67. The normalized spacial score (nSPS) is 12.2. The average Bonchev–Trinajstić information content (AvgIpc) is 0.841. The number of hydrogen-bond acceptors (Lipinski definition) is 13. The summed E-state index contributed by atoms with van der Waals surface area (Å²) in [6.45, 7) is 14.4. The van der Waals surface area contributed by atoms with Gasteiger partial charge in [-0.05, 0) is 234 Å². The molecule has 0 saturated carbocycles. The second kappa shape index (κ2) is 81.7. The Morgan fingerprint density at radius 3 is 1.04 bits per heavy atom. The molecular weight excluding hydrogens is 1580 g/mol. The fourth-order valence-electron chi connectivity index (χ4n) is 11.6. The molecule has 126 heavy (non-hydrogen) atoms. The number of carboxylic acids is 1. The van der Waals surface area contributed by atoms with Crippen LogP contribution in [0, 0.1) is 0 Å². The molecule has 17 heteroatoms. The molecule has 684 valence electrons. The number of hydrogen-bond donors (Lipinski definition) is 5. The Morgan fingerprint density at radius 1 is 0.325 bits per heavy atom. The van der Waals surface area contributed by atoms with Crippen molar-refractivity contribution in [1.29, 1.82) is 0 Å². The molecule has 0 aromatic heterocycles. The van der Waals surface area contributed by atoms with E-state index in [1.807, 2.05) is 81.5 Å². The number of phenols is 1. The number of nitrogens with one attached hydrogen (secondary N) is 3. The minimum atomic E-state index is -1.25. The Balaban J connectivity index is 0.000001000. The number of aromatic carboxylic acids is 1. The Labute approximate surface area is 755 Å². The lowest BCUT2D eigenvalue weighted by Crippen LogP contribution is -2.25. The van der Waals surface area contributed by atoms with Crippen LogP contribution in [0.15, 0.2) is 273 Å². The van der Waals surface area contributed by atoms with Crippen molar-refractivity contribution in [3.63, 3.8) is 0 Å². The number of Topliss-reactive ketones (excluding diaryl/α,β-unsaturated/α-hetero) is 2. The van der Waals surface area contributed by atoms with Gasteiger partial charge in [0.05, 0.1) is 12.2 Å². The van der Waals surface area contributed by atoms with Crippen molar-refractivity contribution in [1.82, 2.24) is 5.32 Å². The van der Waals surface area contributed by atoms with Gasteiger partial charge < -0.3 is 40.4 Å². The number of amides is 3. The zero-order valence-corrected chi connectivity index (χ0v) is 76.9. The van der Waals surface area contributed by atoms with E-state index >= 15 is 0 Å². The summed E-state index contributed by atoms with van der Waals surface area (Å²) in [5, 5.41) is 27.7. The highest BCUT2D eigenvalue weighted by molar-refractivity contribution is 5.99. The molecule has 3 rings (SSSR count). The summed E-state index contributed by atoms with van der Waals surface area (Å²) < 4.78 is 16.2. The highest BCUT2D eigenvalue weighted by Crippen LogP contribution is 2.27. The number of phenolic OH excluding ortho intramolecular Hbond substituents is 1. The number of anilines is 2. The summed E-state index contributed by atoms with van der Waals surface area (Å²) in [5.74, 6) is -3.40. The standard InChI is InChI=1S/C51H67NO5.C31H44N2O6.C27H38O3/c1-3-5-7-9-11-13-15-17-19-21-23-25-27-29-31-33-35-37-39-41-49(53)52-46-43-44-48(47(45-46)51(55)56)57-50(54)42-40-38-36-34-32-30-28-26-24-22-20-18-16-14-12-10-8-6-4-2;1-4-7-10-13-17-28(34)32-22-16-23-38-31(37)26-24-25(33-29(35)18-14-11-8-5-2)20-21-27(26)39-30(36)19-15-12-9-6-3;1-3-4-5-6-7-8-9-10-11-12-13-14-15-16-17-18-25(29)21-24-19-20-27(30)26(22-24)23(2)28/h5-8,11-14,17-20,23-26,29-32,35-38,43-45H,3-4,9-10,15-16,21-22,27-28,33-34,39-42H2,1-2H3,(H,52,53)(H,55,56);7-12,20-21,24H,4-6,13-19,22-23H2,1-3H3,(H,32,34)(H,33,35);4-5,7-8,10-11,19-20,22,30H,3,6,9,12-18,21H2,1-2H3/b7-5-,8-6-,13-11-,14-12-,19-17-,20-18-,25-23-,26-24-,31-29-,32-30-,37-35-,38-36-;10-7+,11-8+,12-9+;5-4-,8-7-,11-10-. The number of unbranched alkanes of at least 4 members (excludes halogenated alkanes) is 5. The highest BCUT2D eigenvalue weighted by Gasteiger charge is 2.20. The molecule has 0 saturated heterocycles. The molecule has 0 fully saturated rings. The topological polar surface area (TPSA) is 258 Å². The molecule has 0 atom stereocenters. The van der Waals surface area contributed by atoms with Gasteiger partial charge in [-0.2, -0.15) is 0 Å². The van der Waals surface area contributed by atoms with Crippen LogP contribution in [0.1, 0.15) is 316 Å². The maximum absolute atomic E-state index is 12.9. The molecule has 0 aliphatic carbocycles. The van der Waals surface area contributed by atoms with Crippen molar-refractivity contribution in [3.05, 3.63) is 296 Å². The van der Waals surface area contributed by atoms with Gasteiger partial charge in [-0.25, -0.2) is 9.59 Å². The van der Waals surface area contributed by atoms with Crippen LogP contribution >= 0.6 is 0 Å². The summed E-state index contributed by atoms with van der Waals surface area (Å²) in [6.07, 6.45) is 106. The minimum Gasteiger partial charge on any atom is -0.507 e. The van der Waals surface area contributed by atoms with Crippen LogP contribution < -0.4 is 25.4 Å². The number of rotatable bonds is 66. The van der Waals surface area contributed by atoms with Gasteiger partial charge in [-0.15, -0.1) is 0 Å². The number of ether oxygens (including phenoxy) is 3. The summed E-state index contributed by atoms with van der Waals surface area (Å²) in [7, 11) is 0. The molecule has 0 spiro atoms. The molecule has 17 nitrogen and oxygen atoms in total. The van der Waals surface area contributed by atoms with E-state index in [1.165, 1.54) is 62.6 Å². The second-order valence-corrected chi connectivity index (χ2v) is 29.5. The van der Waals surface area contributed by atoms with E-state index in [1.54, 1.807) is 18.2 Å². The molecule has 0 aliphatic rings. The summed E-state index contributed by atoms with van der Waals surface area (Å²) >= 11 is 0. The number of ketones is 2. The van der Waals surface area contributed by atoms with Crippen molar-refractivity contribution < 1.29 is 67.6 Å².